The second kappa shape index (κ2) is 5.58. The van der Waals surface area contributed by atoms with Crippen molar-refractivity contribution >= 4 is 11.3 Å². The summed E-state index contributed by atoms with van der Waals surface area (Å²) in [5.41, 5.74) is 1.23. The van der Waals surface area contributed by atoms with Crippen molar-refractivity contribution in [1.82, 2.24) is 10.3 Å². The van der Waals surface area contributed by atoms with Gasteiger partial charge in [-0.05, 0) is 20.3 Å². The van der Waals surface area contributed by atoms with E-state index in [0.29, 0.717) is 6.54 Å². The van der Waals surface area contributed by atoms with Crippen molar-refractivity contribution in [2.45, 2.75) is 45.3 Å². The number of aliphatic hydroxyl groups is 1. The number of rotatable bonds is 6. The third-order valence-corrected chi connectivity index (χ3v) is 3.41. The molecule has 1 rings (SSSR count). The number of nitrogens with zero attached hydrogens (tertiary/aromatic N) is 1. The van der Waals surface area contributed by atoms with E-state index in [9.17, 15) is 5.11 Å². The first kappa shape index (κ1) is 12.6. The van der Waals surface area contributed by atoms with Gasteiger partial charge in [-0.15, -0.1) is 11.3 Å². The van der Waals surface area contributed by atoms with Crippen LogP contribution >= 0.6 is 11.3 Å². The van der Waals surface area contributed by atoms with Crippen LogP contribution in [0.4, 0.5) is 0 Å². The summed E-state index contributed by atoms with van der Waals surface area (Å²) < 4.78 is 0. The highest BCUT2D eigenvalue weighted by Crippen LogP contribution is 2.18. The SMILES string of the molecule is CCCC(C)(O)CNC(C)c1cncs1. The monoisotopic (exact) mass is 228 g/mol. The summed E-state index contributed by atoms with van der Waals surface area (Å²) in [4.78, 5) is 5.25. The lowest BCUT2D eigenvalue weighted by atomic mass is 10.0. The van der Waals surface area contributed by atoms with E-state index in [-0.39, 0.29) is 6.04 Å². The van der Waals surface area contributed by atoms with Gasteiger partial charge in [0.05, 0.1) is 11.1 Å². The van der Waals surface area contributed by atoms with E-state index in [1.54, 1.807) is 11.3 Å². The average Bonchev–Trinajstić information content (AvgIpc) is 2.67. The van der Waals surface area contributed by atoms with Gasteiger partial charge in [0.15, 0.2) is 0 Å². The third kappa shape index (κ3) is 4.28. The zero-order valence-electron chi connectivity index (χ0n) is 9.66. The number of nitrogens with one attached hydrogen (secondary N) is 1. The van der Waals surface area contributed by atoms with Gasteiger partial charge < -0.3 is 10.4 Å². The van der Waals surface area contributed by atoms with E-state index >= 15 is 0 Å². The molecule has 0 saturated heterocycles. The van der Waals surface area contributed by atoms with Gasteiger partial charge in [0.1, 0.15) is 0 Å². The van der Waals surface area contributed by atoms with Crippen LogP contribution in [0.3, 0.4) is 0 Å². The summed E-state index contributed by atoms with van der Waals surface area (Å²) >= 11 is 1.64. The normalized spacial score (nSPS) is 17.3. The molecule has 0 spiro atoms. The fourth-order valence-corrected chi connectivity index (χ4v) is 2.19. The van der Waals surface area contributed by atoms with Crippen molar-refractivity contribution in [1.29, 1.82) is 0 Å². The number of hydrogen-bond acceptors (Lipinski definition) is 4. The summed E-state index contributed by atoms with van der Waals surface area (Å²) in [6.45, 7) is 6.68. The molecule has 1 aromatic heterocycles. The minimum absolute atomic E-state index is 0.265. The number of aromatic nitrogens is 1. The lowest BCUT2D eigenvalue weighted by Gasteiger charge is -2.25. The maximum absolute atomic E-state index is 9.99. The first-order valence-corrected chi connectivity index (χ1v) is 6.27. The Bertz CT molecular complexity index is 272. The highest BCUT2D eigenvalue weighted by Gasteiger charge is 2.20. The van der Waals surface area contributed by atoms with Crippen molar-refractivity contribution in [3.8, 4) is 0 Å². The Morgan fingerprint density at radius 3 is 2.93 bits per heavy atom. The highest BCUT2D eigenvalue weighted by molar-refractivity contribution is 7.09. The van der Waals surface area contributed by atoms with Crippen molar-refractivity contribution in [2.75, 3.05) is 6.54 Å². The highest BCUT2D eigenvalue weighted by atomic mass is 32.1. The molecule has 2 unspecified atom stereocenters. The minimum atomic E-state index is -0.603. The van der Waals surface area contributed by atoms with Gasteiger partial charge in [-0.1, -0.05) is 13.3 Å². The lowest BCUT2D eigenvalue weighted by Crippen LogP contribution is -2.38. The summed E-state index contributed by atoms with van der Waals surface area (Å²) in [6, 6.07) is 0.265. The smallest absolute Gasteiger partial charge is 0.0794 e. The second-order valence-electron chi connectivity index (χ2n) is 4.25. The first-order valence-electron chi connectivity index (χ1n) is 5.39. The molecule has 4 heteroatoms. The van der Waals surface area contributed by atoms with Gasteiger partial charge in [0.25, 0.3) is 0 Å². The van der Waals surface area contributed by atoms with Gasteiger partial charge in [0, 0.05) is 23.7 Å². The van der Waals surface area contributed by atoms with Crippen LogP contribution in [0.15, 0.2) is 11.7 Å². The van der Waals surface area contributed by atoms with Gasteiger partial charge in [-0.25, -0.2) is 0 Å². The quantitative estimate of drug-likeness (QED) is 0.785. The Kier molecular flexibility index (Phi) is 4.70. The summed E-state index contributed by atoms with van der Waals surface area (Å²) in [5, 5.41) is 13.3. The van der Waals surface area contributed by atoms with Crippen molar-refractivity contribution in [3.63, 3.8) is 0 Å². The van der Waals surface area contributed by atoms with Gasteiger partial charge in [-0.3, -0.25) is 4.98 Å². The predicted molar refractivity (Wildman–Crippen MR) is 64.1 cm³/mol. The first-order chi connectivity index (χ1) is 7.05. The molecule has 0 amide bonds. The molecule has 2 atom stereocenters. The van der Waals surface area contributed by atoms with Crippen LogP contribution in [0.25, 0.3) is 0 Å². The Morgan fingerprint density at radius 2 is 2.40 bits per heavy atom. The Balaban J connectivity index is 2.37. The predicted octanol–water partition coefficient (Wildman–Crippen LogP) is 2.34. The largest absolute Gasteiger partial charge is 0.389 e. The molecule has 0 fully saturated rings. The topological polar surface area (TPSA) is 45.1 Å². The zero-order chi connectivity index (χ0) is 11.3. The lowest BCUT2D eigenvalue weighted by molar-refractivity contribution is 0.0477. The molecule has 2 N–H and O–H groups in total. The third-order valence-electron chi connectivity index (χ3n) is 2.46. The number of thiazole rings is 1. The zero-order valence-corrected chi connectivity index (χ0v) is 10.5. The molecule has 0 radical (unpaired) electrons. The Labute approximate surface area is 95.6 Å². The second-order valence-corrected chi connectivity index (χ2v) is 5.17. The van der Waals surface area contributed by atoms with E-state index in [1.807, 2.05) is 18.6 Å². The molecule has 15 heavy (non-hydrogen) atoms. The Morgan fingerprint density at radius 1 is 1.67 bits per heavy atom. The minimum Gasteiger partial charge on any atom is -0.389 e. The van der Waals surface area contributed by atoms with Crippen molar-refractivity contribution in [2.24, 2.45) is 0 Å². The Hall–Kier alpha value is -0.450. The average molecular weight is 228 g/mol. The van der Waals surface area contributed by atoms with Crippen LogP contribution in [0.2, 0.25) is 0 Å². The van der Waals surface area contributed by atoms with Crippen LogP contribution in [0.5, 0.6) is 0 Å². The molecule has 1 aromatic rings. The van der Waals surface area contributed by atoms with Crippen LogP contribution in [0, 0.1) is 0 Å². The van der Waals surface area contributed by atoms with Crippen LogP contribution < -0.4 is 5.32 Å². The van der Waals surface area contributed by atoms with Crippen LogP contribution in [0.1, 0.15) is 44.5 Å². The summed E-state index contributed by atoms with van der Waals surface area (Å²) in [6.07, 6.45) is 3.70. The van der Waals surface area contributed by atoms with Gasteiger partial charge in [0.2, 0.25) is 0 Å². The summed E-state index contributed by atoms with van der Waals surface area (Å²) in [7, 11) is 0. The molecule has 0 aliphatic carbocycles. The number of hydrogen-bond donors (Lipinski definition) is 2. The molecule has 0 aromatic carbocycles. The van der Waals surface area contributed by atoms with Crippen LogP contribution in [-0.2, 0) is 0 Å². The van der Waals surface area contributed by atoms with Gasteiger partial charge >= 0.3 is 0 Å². The van der Waals surface area contributed by atoms with Crippen molar-refractivity contribution in [3.05, 3.63) is 16.6 Å². The van der Waals surface area contributed by atoms with E-state index in [4.69, 9.17) is 0 Å². The van der Waals surface area contributed by atoms with E-state index in [1.165, 1.54) is 4.88 Å². The van der Waals surface area contributed by atoms with E-state index < -0.39 is 5.60 Å². The molecule has 1 heterocycles. The molecular formula is C11H20N2OS. The van der Waals surface area contributed by atoms with E-state index in [2.05, 4.69) is 24.1 Å². The molecule has 0 saturated carbocycles. The maximum Gasteiger partial charge on any atom is 0.0794 e. The van der Waals surface area contributed by atoms with Crippen molar-refractivity contribution < 1.29 is 5.11 Å². The molecular weight excluding hydrogens is 208 g/mol. The maximum atomic E-state index is 9.99. The van der Waals surface area contributed by atoms with Gasteiger partial charge in [-0.2, -0.15) is 0 Å². The fourth-order valence-electron chi connectivity index (χ4n) is 1.54. The molecule has 0 aliphatic heterocycles. The fraction of sp³-hybridized carbons (Fsp3) is 0.727. The van der Waals surface area contributed by atoms with E-state index in [0.717, 1.165) is 12.8 Å². The standard InChI is InChI=1S/C11H20N2OS/c1-4-5-11(3,14)7-13-9(2)10-6-12-8-15-10/h6,8-9,13-14H,4-5,7H2,1-3H3. The molecule has 0 aliphatic rings. The molecule has 86 valence electrons. The molecule has 0 bridgehead atoms. The van der Waals surface area contributed by atoms with Crippen LogP contribution in [-0.4, -0.2) is 22.2 Å². The molecule has 3 nitrogen and oxygen atoms in total. The summed E-state index contributed by atoms with van der Waals surface area (Å²) in [5.74, 6) is 0.